The zero-order valence-electron chi connectivity index (χ0n) is 11.3. The molecule has 20 heavy (non-hydrogen) atoms. The molecule has 0 fully saturated rings. The minimum atomic E-state index is -0.363. The first-order chi connectivity index (χ1) is 9.60. The monoisotopic (exact) mass is 337 g/mol. The highest BCUT2D eigenvalue weighted by Gasteiger charge is 2.03. The molecule has 0 unspecified atom stereocenters. The molecular weight excluding hydrogens is 321 g/mol. The normalized spacial score (nSPS) is 10.8. The molecular formula is C16H17BrFNO. The molecule has 0 saturated heterocycles. The molecule has 0 spiro atoms. The zero-order valence-corrected chi connectivity index (χ0v) is 12.9. The maximum atomic E-state index is 13.3. The summed E-state index contributed by atoms with van der Waals surface area (Å²) in [7, 11) is 0. The fraction of sp³-hybridized carbons (Fsp3) is 0.250. The quantitative estimate of drug-likeness (QED) is 0.872. The molecule has 0 aliphatic rings. The average molecular weight is 338 g/mol. The Hall–Kier alpha value is -1.23. The fourth-order valence-corrected chi connectivity index (χ4v) is 2.63. The molecule has 0 bridgehead atoms. The van der Waals surface area contributed by atoms with Crippen molar-refractivity contribution < 1.29 is 9.50 Å². The summed E-state index contributed by atoms with van der Waals surface area (Å²) in [6, 6.07) is 11.0. The van der Waals surface area contributed by atoms with Crippen molar-refractivity contribution in [1.82, 2.24) is 5.32 Å². The summed E-state index contributed by atoms with van der Waals surface area (Å²) < 4.78 is 14.3. The Morgan fingerprint density at radius 2 is 1.90 bits per heavy atom. The van der Waals surface area contributed by atoms with Gasteiger partial charge in [0.1, 0.15) is 5.82 Å². The number of aryl methyl sites for hydroxylation is 1. The van der Waals surface area contributed by atoms with Crippen LogP contribution in [0.1, 0.15) is 22.3 Å². The number of aliphatic hydroxyl groups excluding tert-OH is 1. The second kappa shape index (κ2) is 6.97. The van der Waals surface area contributed by atoms with E-state index in [9.17, 15) is 4.39 Å². The fourth-order valence-electron chi connectivity index (χ4n) is 2.00. The lowest BCUT2D eigenvalue weighted by molar-refractivity contribution is 0.275. The third kappa shape index (κ3) is 3.88. The number of hydrogen-bond donors (Lipinski definition) is 2. The Morgan fingerprint density at radius 3 is 2.60 bits per heavy atom. The van der Waals surface area contributed by atoms with Crippen molar-refractivity contribution in [2.75, 3.05) is 0 Å². The van der Waals surface area contributed by atoms with Crippen molar-refractivity contribution in [3.05, 3.63) is 68.9 Å². The Kier molecular flexibility index (Phi) is 5.29. The van der Waals surface area contributed by atoms with Crippen LogP contribution < -0.4 is 5.32 Å². The molecule has 4 heteroatoms. The maximum Gasteiger partial charge on any atom is 0.128 e. The van der Waals surface area contributed by atoms with Crippen LogP contribution in [0.3, 0.4) is 0 Å². The van der Waals surface area contributed by atoms with E-state index in [4.69, 9.17) is 5.11 Å². The zero-order chi connectivity index (χ0) is 14.5. The molecule has 0 radical (unpaired) electrons. The summed E-state index contributed by atoms with van der Waals surface area (Å²) >= 11 is 3.54. The lowest BCUT2D eigenvalue weighted by Crippen LogP contribution is -2.13. The summed E-state index contributed by atoms with van der Waals surface area (Å²) in [6.07, 6.45) is 0. The van der Waals surface area contributed by atoms with Gasteiger partial charge in [0.05, 0.1) is 6.61 Å². The van der Waals surface area contributed by atoms with E-state index >= 15 is 0 Å². The minimum Gasteiger partial charge on any atom is -0.392 e. The molecule has 0 saturated carbocycles. The second-order valence-corrected chi connectivity index (χ2v) is 5.64. The van der Waals surface area contributed by atoms with Crippen LogP contribution in [0.2, 0.25) is 0 Å². The van der Waals surface area contributed by atoms with E-state index in [2.05, 4.69) is 46.4 Å². The van der Waals surface area contributed by atoms with E-state index in [1.807, 2.05) is 0 Å². The lowest BCUT2D eigenvalue weighted by atomic mass is 10.1. The van der Waals surface area contributed by atoms with Crippen LogP contribution >= 0.6 is 15.9 Å². The predicted octanol–water partition coefficient (Wildman–Crippen LogP) is 3.68. The number of nitrogens with one attached hydrogen (secondary N) is 1. The second-order valence-electron chi connectivity index (χ2n) is 4.78. The first kappa shape index (κ1) is 15.2. The van der Waals surface area contributed by atoms with Gasteiger partial charge in [-0.25, -0.2) is 4.39 Å². The van der Waals surface area contributed by atoms with Gasteiger partial charge in [-0.15, -0.1) is 0 Å². The molecule has 106 valence electrons. The molecule has 2 rings (SSSR count). The van der Waals surface area contributed by atoms with Crippen molar-refractivity contribution in [2.45, 2.75) is 26.6 Å². The Balaban J connectivity index is 1.96. The lowest BCUT2D eigenvalue weighted by Gasteiger charge is -2.09. The van der Waals surface area contributed by atoms with Crippen LogP contribution in [0.4, 0.5) is 4.39 Å². The molecule has 0 aromatic heterocycles. The van der Waals surface area contributed by atoms with E-state index in [1.165, 1.54) is 17.2 Å². The molecule has 2 nitrogen and oxygen atoms in total. The van der Waals surface area contributed by atoms with E-state index in [0.717, 1.165) is 16.6 Å². The van der Waals surface area contributed by atoms with Gasteiger partial charge in [0.2, 0.25) is 0 Å². The highest BCUT2D eigenvalue weighted by atomic mass is 79.9. The highest BCUT2D eigenvalue weighted by molar-refractivity contribution is 9.10. The molecule has 2 N–H and O–H groups in total. The molecule has 2 aromatic carbocycles. The Labute approximate surface area is 126 Å². The summed E-state index contributed by atoms with van der Waals surface area (Å²) in [6.45, 7) is 3.14. The first-order valence-corrected chi connectivity index (χ1v) is 7.23. The summed E-state index contributed by atoms with van der Waals surface area (Å²) in [5.41, 5.74) is 3.69. The van der Waals surface area contributed by atoms with Gasteiger partial charge in [0.15, 0.2) is 0 Å². The Morgan fingerprint density at radius 1 is 1.10 bits per heavy atom. The van der Waals surface area contributed by atoms with Gasteiger partial charge in [-0.1, -0.05) is 34.1 Å². The predicted molar refractivity (Wildman–Crippen MR) is 81.7 cm³/mol. The molecule has 0 aliphatic heterocycles. The number of aliphatic hydroxyl groups is 1. The van der Waals surface area contributed by atoms with E-state index in [0.29, 0.717) is 12.1 Å². The molecule has 0 aliphatic carbocycles. The standard InChI is InChI=1S/C16H17BrFNO/c1-11-2-4-13(15(17)6-11)9-19-8-12-3-5-16(18)14(7-12)10-20/h2-7,19-20H,8-10H2,1H3. The number of halogens is 2. The van der Waals surface area contributed by atoms with E-state index < -0.39 is 0 Å². The maximum absolute atomic E-state index is 13.3. The molecule has 0 amide bonds. The van der Waals surface area contributed by atoms with Crippen molar-refractivity contribution >= 4 is 15.9 Å². The van der Waals surface area contributed by atoms with Crippen LogP contribution in [-0.4, -0.2) is 5.11 Å². The summed E-state index contributed by atoms with van der Waals surface area (Å²) in [5.74, 6) is -0.363. The first-order valence-electron chi connectivity index (χ1n) is 6.44. The van der Waals surface area contributed by atoms with Gasteiger partial charge < -0.3 is 10.4 Å². The minimum absolute atomic E-state index is 0.275. The number of benzene rings is 2. The highest BCUT2D eigenvalue weighted by Crippen LogP contribution is 2.18. The van der Waals surface area contributed by atoms with Crippen LogP contribution in [-0.2, 0) is 19.7 Å². The Bertz CT molecular complexity index is 601. The van der Waals surface area contributed by atoms with E-state index in [1.54, 1.807) is 12.1 Å². The third-order valence-corrected chi connectivity index (χ3v) is 3.87. The average Bonchev–Trinajstić information content (AvgIpc) is 2.43. The van der Waals surface area contributed by atoms with Crippen LogP contribution in [0, 0.1) is 12.7 Å². The van der Waals surface area contributed by atoms with Gasteiger partial charge in [-0.2, -0.15) is 0 Å². The van der Waals surface area contributed by atoms with Gasteiger partial charge in [0.25, 0.3) is 0 Å². The van der Waals surface area contributed by atoms with Gasteiger partial charge >= 0.3 is 0 Å². The van der Waals surface area contributed by atoms with Crippen LogP contribution in [0.25, 0.3) is 0 Å². The van der Waals surface area contributed by atoms with Gasteiger partial charge in [-0.05, 0) is 41.8 Å². The third-order valence-electron chi connectivity index (χ3n) is 3.13. The van der Waals surface area contributed by atoms with Gasteiger partial charge in [0, 0.05) is 23.1 Å². The summed E-state index contributed by atoms with van der Waals surface area (Å²) in [5, 5.41) is 12.4. The summed E-state index contributed by atoms with van der Waals surface area (Å²) in [4.78, 5) is 0. The SMILES string of the molecule is Cc1ccc(CNCc2ccc(F)c(CO)c2)c(Br)c1. The number of rotatable bonds is 5. The topological polar surface area (TPSA) is 32.3 Å². The van der Waals surface area contributed by atoms with Crippen LogP contribution in [0.15, 0.2) is 40.9 Å². The molecule has 0 atom stereocenters. The smallest absolute Gasteiger partial charge is 0.128 e. The molecule has 2 aromatic rings. The van der Waals surface area contributed by atoms with E-state index in [-0.39, 0.29) is 12.4 Å². The molecule has 0 heterocycles. The van der Waals surface area contributed by atoms with Crippen molar-refractivity contribution in [3.8, 4) is 0 Å². The van der Waals surface area contributed by atoms with Crippen LogP contribution in [0.5, 0.6) is 0 Å². The van der Waals surface area contributed by atoms with Crippen molar-refractivity contribution in [2.24, 2.45) is 0 Å². The van der Waals surface area contributed by atoms with Crippen molar-refractivity contribution in [1.29, 1.82) is 0 Å². The number of hydrogen-bond acceptors (Lipinski definition) is 2. The van der Waals surface area contributed by atoms with Gasteiger partial charge in [-0.3, -0.25) is 0 Å². The van der Waals surface area contributed by atoms with Crippen molar-refractivity contribution in [3.63, 3.8) is 0 Å². The largest absolute Gasteiger partial charge is 0.392 e.